The number of nitrogens with zero attached hydrogens (tertiary/aromatic N) is 1. The van der Waals surface area contributed by atoms with Gasteiger partial charge in [0.25, 0.3) is 5.69 Å². The van der Waals surface area contributed by atoms with E-state index in [4.69, 9.17) is 5.11 Å². The number of aliphatic hydroxyl groups is 1. The van der Waals surface area contributed by atoms with Crippen LogP contribution in [-0.2, 0) is 0 Å². The van der Waals surface area contributed by atoms with Gasteiger partial charge in [-0.2, -0.15) is 0 Å². The molecule has 1 unspecified atom stereocenters. The minimum Gasteiger partial charge on any atom is -0.396 e. The molecule has 0 aliphatic heterocycles. The summed E-state index contributed by atoms with van der Waals surface area (Å²) < 4.78 is 13.3. The van der Waals surface area contributed by atoms with Gasteiger partial charge in [-0.3, -0.25) is 10.1 Å². The standard InChI is InChI=1S/C10H12BrFN2O3/c1-6(5-15)4-13-9-3-8(12)7(11)2-10(9)14(16)17/h2-3,6,13,15H,4-5H2,1H3. The number of nitrogens with one attached hydrogen (secondary N) is 1. The van der Waals surface area contributed by atoms with Crippen molar-refractivity contribution in [2.75, 3.05) is 18.5 Å². The van der Waals surface area contributed by atoms with Crippen LogP contribution in [0.2, 0.25) is 0 Å². The molecule has 7 heteroatoms. The smallest absolute Gasteiger partial charge is 0.293 e. The SMILES string of the molecule is CC(CO)CNc1cc(F)c(Br)cc1[N+](=O)[O-]. The summed E-state index contributed by atoms with van der Waals surface area (Å²) >= 11 is 2.89. The molecule has 1 atom stereocenters. The van der Waals surface area contributed by atoms with Gasteiger partial charge in [-0.1, -0.05) is 6.92 Å². The lowest BCUT2D eigenvalue weighted by Gasteiger charge is -2.11. The normalized spacial score (nSPS) is 12.2. The van der Waals surface area contributed by atoms with Crippen molar-refractivity contribution in [2.24, 2.45) is 5.92 Å². The van der Waals surface area contributed by atoms with Crippen LogP contribution >= 0.6 is 15.9 Å². The van der Waals surface area contributed by atoms with Crippen LogP contribution in [0.25, 0.3) is 0 Å². The van der Waals surface area contributed by atoms with E-state index in [9.17, 15) is 14.5 Å². The summed E-state index contributed by atoms with van der Waals surface area (Å²) in [7, 11) is 0. The molecule has 0 saturated heterocycles. The fourth-order valence-electron chi connectivity index (χ4n) is 1.18. The van der Waals surface area contributed by atoms with Crippen molar-refractivity contribution in [1.82, 2.24) is 0 Å². The Morgan fingerprint density at radius 1 is 1.65 bits per heavy atom. The van der Waals surface area contributed by atoms with Crippen molar-refractivity contribution >= 4 is 27.3 Å². The van der Waals surface area contributed by atoms with Crippen LogP contribution in [0.5, 0.6) is 0 Å². The summed E-state index contributed by atoms with van der Waals surface area (Å²) in [6, 6.07) is 2.17. The molecular formula is C10H12BrFN2O3. The Morgan fingerprint density at radius 3 is 2.82 bits per heavy atom. The molecule has 0 bridgehead atoms. The number of anilines is 1. The van der Waals surface area contributed by atoms with E-state index >= 15 is 0 Å². The number of benzene rings is 1. The molecule has 1 rings (SSSR count). The predicted molar refractivity (Wildman–Crippen MR) is 65.5 cm³/mol. The zero-order valence-electron chi connectivity index (χ0n) is 9.11. The highest BCUT2D eigenvalue weighted by atomic mass is 79.9. The second-order valence-electron chi connectivity index (χ2n) is 3.71. The van der Waals surface area contributed by atoms with E-state index in [1.165, 1.54) is 0 Å². The van der Waals surface area contributed by atoms with Crippen molar-refractivity contribution in [2.45, 2.75) is 6.92 Å². The lowest BCUT2D eigenvalue weighted by Crippen LogP contribution is -2.15. The van der Waals surface area contributed by atoms with Crippen molar-refractivity contribution in [3.8, 4) is 0 Å². The van der Waals surface area contributed by atoms with Gasteiger partial charge in [0.2, 0.25) is 0 Å². The fraction of sp³-hybridized carbons (Fsp3) is 0.400. The minimum absolute atomic E-state index is 0.0419. The molecular weight excluding hydrogens is 295 g/mol. The highest BCUT2D eigenvalue weighted by molar-refractivity contribution is 9.10. The van der Waals surface area contributed by atoms with E-state index in [0.717, 1.165) is 12.1 Å². The van der Waals surface area contributed by atoms with E-state index in [1.54, 1.807) is 6.92 Å². The molecule has 1 aromatic carbocycles. The Bertz CT molecular complexity index is 428. The molecule has 0 amide bonds. The zero-order chi connectivity index (χ0) is 13.0. The molecule has 17 heavy (non-hydrogen) atoms. The largest absolute Gasteiger partial charge is 0.396 e. The minimum atomic E-state index is -0.587. The first-order valence-corrected chi connectivity index (χ1v) is 5.73. The van der Waals surface area contributed by atoms with Crippen molar-refractivity contribution in [3.05, 3.63) is 32.5 Å². The zero-order valence-corrected chi connectivity index (χ0v) is 10.7. The molecule has 1 aromatic rings. The molecule has 0 aromatic heterocycles. The first-order chi connectivity index (χ1) is 7.95. The first kappa shape index (κ1) is 13.9. The van der Waals surface area contributed by atoms with Gasteiger partial charge >= 0.3 is 0 Å². The third-order valence-electron chi connectivity index (χ3n) is 2.19. The molecule has 0 fully saturated rings. The lowest BCUT2D eigenvalue weighted by molar-refractivity contribution is -0.384. The summed E-state index contributed by atoms with van der Waals surface area (Å²) in [6.45, 7) is 2.06. The van der Waals surface area contributed by atoms with Crippen LogP contribution in [0.1, 0.15) is 6.92 Å². The maximum absolute atomic E-state index is 13.3. The number of hydrogen-bond acceptors (Lipinski definition) is 4. The highest BCUT2D eigenvalue weighted by Gasteiger charge is 2.17. The molecule has 0 radical (unpaired) electrons. The molecule has 0 heterocycles. The van der Waals surface area contributed by atoms with Crippen molar-refractivity contribution < 1.29 is 14.4 Å². The van der Waals surface area contributed by atoms with E-state index < -0.39 is 10.7 Å². The highest BCUT2D eigenvalue weighted by Crippen LogP contribution is 2.30. The number of nitro benzene ring substituents is 1. The van der Waals surface area contributed by atoms with Gasteiger partial charge in [-0.25, -0.2) is 4.39 Å². The van der Waals surface area contributed by atoms with Crippen LogP contribution in [0.4, 0.5) is 15.8 Å². The predicted octanol–water partition coefficient (Wildman–Crippen LogP) is 2.54. The Labute approximate surface area is 106 Å². The molecule has 2 N–H and O–H groups in total. The van der Waals surface area contributed by atoms with Gasteiger partial charge in [0.05, 0.1) is 9.40 Å². The Kier molecular flexibility index (Phi) is 4.83. The summed E-state index contributed by atoms with van der Waals surface area (Å²) in [5, 5.41) is 22.4. The summed E-state index contributed by atoms with van der Waals surface area (Å²) in [5.74, 6) is -0.643. The first-order valence-electron chi connectivity index (χ1n) is 4.94. The maximum Gasteiger partial charge on any atom is 0.293 e. The van der Waals surface area contributed by atoms with Gasteiger partial charge in [0, 0.05) is 25.3 Å². The van der Waals surface area contributed by atoms with E-state index in [1.807, 2.05) is 0 Å². The van der Waals surface area contributed by atoms with Gasteiger partial charge in [0.15, 0.2) is 0 Å². The number of rotatable bonds is 5. The fourth-order valence-corrected chi connectivity index (χ4v) is 1.51. The van der Waals surface area contributed by atoms with E-state index in [0.29, 0.717) is 6.54 Å². The van der Waals surface area contributed by atoms with Crippen LogP contribution in [-0.4, -0.2) is 23.2 Å². The van der Waals surface area contributed by atoms with Gasteiger partial charge < -0.3 is 10.4 Å². The van der Waals surface area contributed by atoms with Crippen LogP contribution in [0.15, 0.2) is 16.6 Å². The lowest BCUT2D eigenvalue weighted by atomic mass is 10.2. The van der Waals surface area contributed by atoms with Gasteiger partial charge in [-0.15, -0.1) is 0 Å². The number of halogens is 2. The number of nitro groups is 1. The quantitative estimate of drug-likeness (QED) is 0.647. The summed E-state index contributed by atoms with van der Waals surface area (Å²) in [6.07, 6.45) is 0. The molecule has 0 spiro atoms. The Morgan fingerprint density at radius 2 is 2.29 bits per heavy atom. The monoisotopic (exact) mass is 306 g/mol. The second-order valence-corrected chi connectivity index (χ2v) is 4.56. The van der Waals surface area contributed by atoms with Gasteiger partial charge in [-0.05, 0) is 21.8 Å². The average Bonchev–Trinajstić information content (AvgIpc) is 2.29. The Hall–Kier alpha value is -1.21. The van der Waals surface area contributed by atoms with E-state index in [2.05, 4.69) is 21.2 Å². The maximum atomic E-state index is 13.3. The van der Waals surface area contributed by atoms with Crippen molar-refractivity contribution in [1.29, 1.82) is 0 Å². The summed E-state index contributed by atoms with van der Waals surface area (Å²) in [4.78, 5) is 10.2. The number of aliphatic hydroxyl groups excluding tert-OH is 1. The molecule has 5 nitrogen and oxygen atoms in total. The van der Waals surface area contributed by atoms with E-state index in [-0.39, 0.29) is 28.4 Å². The Balaban J connectivity index is 2.96. The average molecular weight is 307 g/mol. The summed E-state index contributed by atoms with van der Waals surface area (Å²) in [5.41, 5.74) is -0.0978. The molecule has 94 valence electrons. The third kappa shape index (κ3) is 3.64. The van der Waals surface area contributed by atoms with Crippen molar-refractivity contribution in [3.63, 3.8) is 0 Å². The molecule has 0 aliphatic rings. The van der Waals surface area contributed by atoms with Crippen LogP contribution in [0.3, 0.4) is 0 Å². The number of hydrogen-bond donors (Lipinski definition) is 2. The van der Waals surface area contributed by atoms with Crippen LogP contribution < -0.4 is 5.32 Å². The third-order valence-corrected chi connectivity index (χ3v) is 2.80. The second kappa shape index (κ2) is 5.92. The molecule has 0 aliphatic carbocycles. The van der Waals surface area contributed by atoms with Gasteiger partial charge in [0.1, 0.15) is 11.5 Å². The van der Waals surface area contributed by atoms with Crippen LogP contribution in [0, 0.1) is 21.8 Å². The topological polar surface area (TPSA) is 75.4 Å². The molecule has 0 saturated carbocycles.